The number of benzene rings is 1. The molecule has 4 atom stereocenters. The van der Waals surface area contributed by atoms with Crippen molar-refractivity contribution in [2.45, 2.75) is 20.3 Å². The minimum atomic E-state index is -0.405. The third kappa shape index (κ3) is 3.16. The molecule has 1 N–H and O–H groups in total. The number of hydrogen-bond acceptors (Lipinski definition) is 5. The molecular formula is C26H24N4O3S. The summed E-state index contributed by atoms with van der Waals surface area (Å²) in [6, 6.07) is 12.2. The molecule has 3 aromatic rings. The molecule has 2 aromatic heterocycles. The summed E-state index contributed by atoms with van der Waals surface area (Å²) in [5.41, 5.74) is 5.02. The maximum Gasteiger partial charge on any atom is 0.246 e. The molecule has 172 valence electrons. The van der Waals surface area contributed by atoms with E-state index in [1.807, 2.05) is 35.7 Å². The van der Waals surface area contributed by atoms with Crippen LogP contribution in [0.4, 0.5) is 5.13 Å². The maximum absolute atomic E-state index is 12.8. The van der Waals surface area contributed by atoms with Gasteiger partial charge in [-0.2, -0.15) is 0 Å². The van der Waals surface area contributed by atoms with Gasteiger partial charge < -0.3 is 9.88 Å². The zero-order valence-corrected chi connectivity index (χ0v) is 19.7. The number of aryl methyl sites for hydroxylation is 1. The minimum absolute atomic E-state index is 0.135. The van der Waals surface area contributed by atoms with Crippen molar-refractivity contribution in [2.75, 3.05) is 11.9 Å². The highest BCUT2D eigenvalue weighted by atomic mass is 32.1. The molecule has 1 saturated heterocycles. The van der Waals surface area contributed by atoms with E-state index in [1.165, 1.54) is 11.3 Å². The number of para-hydroxylation sites is 1. The average Bonchev–Trinajstić information content (AvgIpc) is 3.63. The number of rotatable bonds is 5. The lowest BCUT2D eigenvalue weighted by atomic mass is 9.85. The van der Waals surface area contributed by atoms with Gasteiger partial charge in [-0.3, -0.25) is 19.3 Å². The Balaban J connectivity index is 1.17. The molecule has 3 heterocycles. The van der Waals surface area contributed by atoms with E-state index < -0.39 is 5.91 Å². The summed E-state index contributed by atoms with van der Waals surface area (Å²) in [5.74, 6) is -1.14. The van der Waals surface area contributed by atoms with Crippen molar-refractivity contribution < 1.29 is 14.4 Å². The van der Waals surface area contributed by atoms with Crippen LogP contribution in [0.25, 0.3) is 16.9 Å². The van der Waals surface area contributed by atoms with Crippen molar-refractivity contribution in [3.63, 3.8) is 0 Å². The van der Waals surface area contributed by atoms with Gasteiger partial charge in [0.25, 0.3) is 0 Å². The van der Waals surface area contributed by atoms with E-state index in [4.69, 9.17) is 0 Å². The fourth-order valence-corrected chi connectivity index (χ4v) is 6.60. The molecule has 0 radical (unpaired) electrons. The Kier molecular flexibility index (Phi) is 4.81. The standard InChI is InChI=1S/C26H24N4O3S/c1-14-10-19(15(2)30(14)18-6-4-3-5-7-18)20-13-34-26(27-20)28-21(31)12-29-24(32)22-16-8-9-17(11-16)23(22)25(29)33/h3-10,13,16-17,22-23H,11-12H2,1-2H3,(H,27,28,31)/t16-,17-,22+,23+/m0/s1. The number of allylic oxidation sites excluding steroid dienone is 2. The van der Waals surface area contributed by atoms with Crippen molar-refractivity contribution in [3.05, 3.63) is 65.3 Å². The molecular weight excluding hydrogens is 448 g/mol. The number of nitrogens with zero attached hydrogens (tertiary/aromatic N) is 3. The van der Waals surface area contributed by atoms with Crippen molar-refractivity contribution in [3.8, 4) is 16.9 Å². The molecule has 2 fully saturated rings. The second kappa shape index (κ2) is 7.77. The van der Waals surface area contributed by atoms with E-state index in [0.717, 1.165) is 39.7 Å². The highest BCUT2D eigenvalue weighted by molar-refractivity contribution is 7.14. The Hall–Kier alpha value is -3.52. The van der Waals surface area contributed by atoms with Gasteiger partial charge in [-0.25, -0.2) is 4.98 Å². The smallest absolute Gasteiger partial charge is 0.246 e. The number of carbonyl (C=O) groups excluding carboxylic acids is 3. The van der Waals surface area contributed by atoms with Gasteiger partial charge in [0.1, 0.15) is 6.54 Å². The van der Waals surface area contributed by atoms with Crippen LogP contribution < -0.4 is 5.32 Å². The third-order valence-electron chi connectivity index (χ3n) is 7.34. The summed E-state index contributed by atoms with van der Waals surface area (Å²) in [5, 5.41) is 5.14. The highest BCUT2D eigenvalue weighted by Crippen LogP contribution is 2.52. The van der Waals surface area contributed by atoms with Crippen LogP contribution in [0.5, 0.6) is 0 Å². The maximum atomic E-state index is 12.8. The Morgan fingerprint density at radius 2 is 1.76 bits per heavy atom. The van der Waals surface area contributed by atoms with Crippen LogP contribution in [0.1, 0.15) is 17.8 Å². The number of anilines is 1. The van der Waals surface area contributed by atoms with Crippen LogP contribution in [0, 0.1) is 37.5 Å². The topological polar surface area (TPSA) is 84.3 Å². The summed E-state index contributed by atoms with van der Waals surface area (Å²) in [6.45, 7) is 3.84. The van der Waals surface area contributed by atoms with E-state index in [2.05, 4.69) is 46.9 Å². The summed E-state index contributed by atoms with van der Waals surface area (Å²) in [4.78, 5) is 44.1. The van der Waals surface area contributed by atoms with Crippen LogP contribution in [-0.4, -0.2) is 38.7 Å². The number of likely N-dealkylation sites (tertiary alicyclic amines) is 1. The fourth-order valence-electron chi connectivity index (χ4n) is 5.87. The Labute approximate surface area is 201 Å². The van der Waals surface area contributed by atoms with Crippen LogP contribution >= 0.6 is 11.3 Å². The first-order valence-electron chi connectivity index (χ1n) is 11.5. The molecule has 1 aliphatic heterocycles. The van der Waals surface area contributed by atoms with Gasteiger partial charge in [-0.05, 0) is 50.3 Å². The van der Waals surface area contributed by atoms with Gasteiger partial charge >= 0.3 is 0 Å². The van der Waals surface area contributed by atoms with E-state index in [-0.39, 0.29) is 42.0 Å². The van der Waals surface area contributed by atoms with Gasteiger partial charge in [-0.1, -0.05) is 30.4 Å². The molecule has 1 aromatic carbocycles. The molecule has 3 amide bonds. The Morgan fingerprint density at radius 3 is 2.44 bits per heavy atom. The fraction of sp³-hybridized carbons (Fsp3) is 0.308. The normalized spacial score (nSPS) is 24.8. The first kappa shape index (κ1) is 21.0. The Bertz CT molecular complexity index is 1330. The monoisotopic (exact) mass is 472 g/mol. The van der Waals surface area contributed by atoms with Crippen LogP contribution in [0.2, 0.25) is 0 Å². The highest BCUT2D eigenvalue weighted by Gasteiger charge is 2.59. The largest absolute Gasteiger partial charge is 0.318 e. The lowest BCUT2D eigenvalue weighted by Gasteiger charge is -2.16. The Morgan fingerprint density at radius 1 is 1.09 bits per heavy atom. The quantitative estimate of drug-likeness (QED) is 0.450. The van der Waals surface area contributed by atoms with Crippen LogP contribution in [-0.2, 0) is 14.4 Å². The van der Waals surface area contributed by atoms with Crippen LogP contribution in [0.3, 0.4) is 0 Å². The molecule has 7 nitrogen and oxygen atoms in total. The number of carbonyl (C=O) groups is 3. The van der Waals surface area contributed by atoms with Crippen molar-refractivity contribution >= 4 is 34.2 Å². The first-order valence-corrected chi connectivity index (χ1v) is 12.3. The molecule has 2 bridgehead atoms. The molecule has 34 heavy (non-hydrogen) atoms. The number of fused-ring (bicyclic) bond motifs is 5. The number of aromatic nitrogens is 2. The van der Waals surface area contributed by atoms with Crippen molar-refractivity contribution in [1.82, 2.24) is 14.5 Å². The summed E-state index contributed by atoms with van der Waals surface area (Å²) in [6.07, 6.45) is 4.97. The molecule has 8 heteroatoms. The average molecular weight is 473 g/mol. The lowest BCUT2D eigenvalue weighted by molar-refractivity contribution is -0.143. The predicted octanol–water partition coefficient (Wildman–Crippen LogP) is 3.96. The summed E-state index contributed by atoms with van der Waals surface area (Å²) < 4.78 is 2.18. The van der Waals surface area contributed by atoms with E-state index in [9.17, 15) is 14.4 Å². The second-order valence-corrected chi connectivity index (χ2v) is 10.2. The molecule has 0 unspecified atom stereocenters. The van der Waals surface area contributed by atoms with Crippen molar-refractivity contribution in [1.29, 1.82) is 0 Å². The van der Waals surface area contributed by atoms with Gasteiger partial charge in [0.2, 0.25) is 17.7 Å². The zero-order chi connectivity index (χ0) is 23.6. The summed E-state index contributed by atoms with van der Waals surface area (Å²) in [7, 11) is 0. The number of hydrogen-bond donors (Lipinski definition) is 1. The minimum Gasteiger partial charge on any atom is -0.318 e. The van der Waals surface area contributed by atoms with Gasteiger partial charge in [0.05, 0.1) is 17.5 Å². The van der Waals surface area contributed by atoms with Gasteiger partial charge in [0, 0.05) is 28.0 Å². The number of imide groups is 1. The zero-order valence-electron chi connectivity index (χ0n) is 18.9. The van der Waals surface area contributed by atoms with E-state index in [0.29, 0.717) is 5.13 Å². The van der Waals surface area contributed by atoms with Gasteiger partial charge in [0.15, 0.2) is 5.13 Å². The molecule has 3 aliphatic rings. The predicted molar refractivity (Wildman–Crippen MR) is 129 cm³/mol. The number of nitrogens with one attached hydrogen (secondary N) is 1. The van der Waals surface area contributed by atoms with Crippen LogP contribution in [0.15, 0.2) is 53.9 Å². The molecule has 0 spiro atoms. The third-order valence-corrected chi connectivity index (χ3v) is 8.09. The molecule has 2 aliphatic carbocycles. The summed E-state index contributed by atoms with van der Waals surface area (Å²) >= 11 is 1.33. The van der Waals surface area contributed by atoms with Gasteiger partial charge in [-0.15, -0.1) is 11.3 Å². The van der Waals surface area contributed by atoms with Crippen molar-refractivity contribution in [2.24, 2.45) is 23.7 Å². The SMILES string of the molecule is Cc1cc(-c2csc(NC(=O)CN3C(=O)[C@H]4[C@H](C3=O)[C@H]3C=C[C@H]4C3)n2)c(C)n1-c1ccccc1. The second-order valence-electron chi connectivity index (χ2n) is 9.30. The number of amides is 3. The van der Waals surface area contributed by atoms with E-state index >= 15 is 0 Å². The number of thiazole rings is 1. The molecule has 6 rings (SSSR count). The lowest BCUT2D eigenvalue weighted by Crippen LogP contribution is -2.39. The van der Waals surface area contributed by atoms with E-state index in [1.54, 1.807) is 0 Å². The first-order chi connectivity index (χ1) is 16.4. The molecule has 1 saturated carbocycles.